The number of aryl methyl sites for hydroxylation is 1. The number of methoxy groups -OCH3 is 1. The van der Waals surface area contributed by atoms with Crippen LogP contribution in [0.1, 0.15) is 25.0 Å². The lowest BCUT2D eigenvalue weighted by molar-refractivity contribution is -0.126. The number of hydrogen-bond donors (Lipinski definition) is 3. The molecule has 33 heavy (non-hydrogen) atoms. The molecule has 3 rings (SSSR count). The summed E-state index contributed by atoms with van der Waals surface area (Å²) in [5.74, 6) is -3.03. The number of nitrogens with zero attached hydrogens (tertiary/aromatic N) is 5. The van der Waals surface area contributed by atoms with Crippen molar-refractivity contribution in [3.8, 4) is 6.01 Å². The molecule has 2 heterocycles. The summed E-state index contributed by atoms with van der Waals surface area (Å²) in [5.41, 5.74) is 8.32. The van der Waals surface area contributed by atoms with Crippen LogP contribution in [-0.4, -0.2) is 63.2 Å². The maximum Gasteiger partial charge on any atom is 0.316 e. The number of fused-ring (bicyclic) bond motifs is 1. The van der Waals surface area contributed by atoms with Crippen LogP contribution in [0.25, 0.3) is 10.9 Å². The van der Waals surface area contributed by atoms with Gasteiger partial charge in [-0.25, -0.2) is 9.97 Å². The summed E-state index contributed by atoms with van der Waals surface area (Å²) in [6.07, 6.45) is 4.82. The van der Waals surface area contributed by atoms with Crippen molar-refractivity contribution in [3.63, 3.8) is 0 Å². The zero-order valence-corrected chi connectivity index (χ0v) is 19.2. The van der Waals surface area contributed by atoms with E-state index in [2.05, 4.69) is 32.5 Å². The van der Waals surface area contributed by atoms with Gasteiger partial charge in [0.2, 0.25) is 0 Å². The second-order valence-electron chi connectivity index (χ2n) is 7.10. The molecular weight excluding hydrogens is 436 g/mol. The molecule has 1 atom stereocenters. The Hall–Kier alpha value is -3.67. The van der Waals surface area contributed by atoms with Crippen LogP contribution < -0.4 is 15.8 Å². The van der Waals surface area contributed by atoms with E-state index in [4.69, 9.17) is 20.5 Å². The van der Waals surface area contributed by atoms with Gasteiger partial charge in [0.25, 0.3) is 5.92 Å². The van der Waals surface area contributed by atoms with Crippen LogP contribution in [-0.2, 0) is 11.3 Å². The van der Waals surface area contributed by atoms with Gasteiger partial charge in [-0.1, -0.05) is 5.16 Å². The number of nitrogens with two attached hydrogens (primary N) is 1. The molecule has 3 aromatic rings. The summed E-state index contributed by atoms with van der Waals surface area (Å²) in [6, 6.07) is 6.37. The molecule has 0 amide bonds. The number of hydrogen-bond acceptors (Lipinski definition) is 8. The van der Waals surface area contributed by atoms with E-state index in [1.165, 1.54) is 0 Å². The Morgan fingerprint density at radius 1 is 1.36 bits per heavy atom. The molecule has 0 saturated heterocycles. The highest BCUT2D eigenvalue weighted by Gasteiger charge is 2.17. The van der Waals surface area contributed by atoms with E-state index in [0.717, 1.165) is 23.0 Å². The predicted octanol–water partition coefficient (Wildman–Crippen LogP) is 2.37. The topological polar surface area (TPSA) is 141 Å². The third kappa shape index (κ3) is 9.56. The molecule has 0 fully saturated rings. The number of carbonyl (C=O) groups excluding carboxylic acids is 1. The normalized spacial score (nSPS) is 12.2. The van der Waals surface area contributed by atoms with Crippen molar-refractivity contribution in [3.05, 3.63) is 47.9 Å². The molecule has 180 valence electrons. The van der Waals surface area contributed by atoms with Crippen molar-refractivity contribution >= 4 is 23.0 Å². The minimum atomic E-state index is -3.14. The molecule has 0 aliphatic carbocycles. The lowest BCUT2D eigenvalue weighted by Crippen LogP contribution is -2.27. The average Bonchev–Trinajstić information content (AvgIpc) is 3.21. The summed E-state index contributed by atoms with van der Waals surface area (Å²) in [6.45, 7) is 5.36. The molecule has 0 aliphatic heterocycles. The first-order chi connectivity index (χ1) is 15.5. The second-order valence-corrected chi connectivity index (χ2v) is 7.10. The van der Waals surface area contributed by atoms with Gasteiger partial charge in [-0.15, -0.1) is 0 Å². The molecule has 12 heteroatoms. The number of aldehydes is 1. The van der Waals surface area contributed by atoms with Gasteiger partial charge >= 0.3 is 6.01 Å². The SMILES string of the molecule is CC(F)(F)C=O.CNC(C)Cn1ncc2cc(/C(N)=N/O)ccc21.COc1ncc(C)cn1. The number of benzene rings is 1. The van der Waals surface area contributed by atoms with Gasteiger partial charge in [0.05, 0.1) is 25.4 Å². The van der Waals surface area contributed by atoms with Gasteiger partial charge in [0.15, 0.2) is 12.1 Å². The van der Waals surface area contributed by atoms with Gasteiger partial charge in [-0.3, -0.25) is 9.48 Å². The van der Waals surface area contributed by atoms with Crippen molar-refractivity contribution in [1.29, 1.82) is 0 Å². The molecule has 0 saturated carbocycles. The highest BCUT2D eigenvalue weighted by atomic mass is 19.3. The summed E-state index contributed by atoms with van der Waals surface area (Å²) in [4.78, 5) is 16.8. The maximum atomic E-state index is 11.1. The predicted molar refractivity (Wildman–Crippen MR) is 121 cm³/mol. The maximum absolute atomic E-state index is 11.1. The molecular formula is C21H29F2N7O3. The summed E-state index contributed by atoms with van der Waals surface area (Å²) >= 11 is 0. The first kappa shape index (κ1) is 27.4. The number of amidine groups is 1. The molecule has 0 radical (unpaired) electrons. The Balaban J connectivity index is 0.000000301. The fourth-order valence-electron chi connectivity index (χ4n) is 2.29. The molecule has 10 nitrogen and oxygen atoms in total. The highest BCUT2D eigenvalue weighted by molar-refractivity contribution is 6.00. The summed E-state index contributed by atoms with van der Waals surface area (Å²) in [5, 5.41) is 20.1. The number of nitrogens with one attached hydrogen (secondary N) is 1. The van der Waals surface area contributed by atoms with E-state index in [-0.39, 0.29) is 5.84 Å². The van der Waals surface area contributed by atoms with Crippen LogP contribution in [0.5, 0.6) is 6.01 Å². The number of aromatic nitrogens is 4. The van der Waals surface area contributed by atoms with Gasteiger partial charge in [0, 0.05) is 36.3 Å². The smallest absolute Gasteiger partial charge is 0.316 e. The summed E-state index contributed by atoms with van der Waals surface area (Å²) < 4.78 is 28.9. The second kappa shape index (κ2) is 13.0. The van der Waals surface area contributed by atoms with E-state index in [1.807, 2.05) is 36.9 Å². The third-order valence-electron chi connectivity index (χ3n) is 4.13. The van der Waals surface area contributed by atoms with Crippen LogP contribution in [0.15, 0.2) is 41.9 Å². The fraction of sp³-hybridized carbons (Fsp3) is 0.381. The van der Waals surface area contributed by atoms with Gasteiger partial charge in [-0.2, -0.15) is 13.9 Å². The first-order valence-electron chi connectivity index (χ1n) is 9.82. The zero-order valence-electron chi connectivity index (χ0n) is 19.2. The minimum Gasteiger partial charge on any atom is -0.467 e. The number of ether oxygens (including phenoxy) is 1. The molecule has 1 aromatic carbocycles. The van der Waals surface area contributed by atoms with E-state index >= 15 is 0 Å². The Bertz CT molecular complexity index is 1030. The Morgan fingerprint density at radius 2 is 1.97 bits per heavy atom. The number of halogens is 2. The van der Waals surface area contributed by atoms with Crippen molar-refractivity contribution in [1.82, 2.24) is 25.1 Å². The van der Waals surface area contributed by atoms with E-state index in [9.17, 15) is 8.78 Å². The standard InChI is InChI=1S/C12H17N5O.C6H8N2O.C3H4F2O/c1-8(14-2)7-17-11-4-3-9(12(13)16-18)5-10(11)6-15-17;1-5-3-7-6(9-2)8-4-5;1-3(4,5)2-6/h3-6,8,14,18H,7H2,1-2H3,(H2,13,16);3-4H,1-2H3;2H,1H3. The number of likely N-dealkylation sites (N-methyl/N-ethyl adjacent to an activating group) is 1. The Morgan fingerprint density at radius 3 is 2.45 bits per heavy atom. The largest absolute Gasteiger partial charge is 0.467 e. The van der Waals surface area contributed by atoms with Gasteiger partial charge in [-0.05, 0) is 44.7 Å². The highest BCUT2D eigenvalue weighted by Crippen LogP contribution is 2.16. The summed E-state index contributed by atoms with van der Waals surface area (Å²) in [7, 11) is 3.47. The minimum absolute atomic E-state index is 0.105. The van der Waals surface area contributed by atoms with Crippen molar-refractivity contribution in [2.75, 3.05) is 14.2 Å². The van der Waals surface area contributed by atoms with Crippen molar-refractivity contribution in [2.24, 2.45) is 10.9 Å². The van der Waals surface area contributed by atoms with Crippen LogP contribution in [0.3, 0.4) is 0 Å². The molecule has 0 bridgehead atoms. The van der Waals surface area contributed by atoms with E-state index in [0.29, 0.717) is 24.5 Å². The number of rotatable bonds is 6. The lowest BCUT2D eigenvalue weighted by Gasteiger charge is -2.10. The lowest BCUT2D eigenvalue weighted by atomic mass is 10.1. The molecule has 2 aromatic heterocycles. The zero-order chi connectivity index (χ0) is 25.0. The van der Waals surface area contributed by atoms with Crippen molar-refractivity contribution in [2.45, 2.75) is 39.3 Å². The van der Waals surface area contributed by atoms with Crippen LogP contribution >= 0.6 is 0 Å². The monoisotopic (exact) mass is 465 g/mol. The average molecular weight is 466 g/mol. The molecule has 4 N–H and O–H groups in total. The van der Waals surface area contributed by atoms with Crippen molar-refractivity contribution < 1.29 is 23.5 Å². The quantitative estimate of drug-likeness (QED) is 0.166. The molecule has 1 unspecified atom stereocenters. The van der Waals surface area contributed by atoms with Crippen LogP contribution in [0.4, 0.5) is 8.78 Å². The van der Waals surface area contributed by atoms with E-state index in [1.54, 1.807) is 25.7 Å². The number of oxime groups is 1. The van der Waals surface area contributed by atoms with Gasteiger partial charge < -0.3 is 21.0 Å². The third-order valence-corrected chi connectivity index (χ3v) is 4.13. The Labute approximate surface area is 190 Å². The van der Waals surface area contributed by atoms with Gasteiger partial charge in [0.1, 0.15) is 0 Å². The molecule has 0 aliphatic rings. The number of alkyl halides is 2. The van der Waals surface area contributed by atoms with Crippen LogP contribution in [0.2, 0.25) is 0 Å². The fourth-order valence-corrected chi connectivity index (χ4v) is 2.29. The molecule has 0 spiro atoms. The van der Waals surface area contributed by atoms with Crippen LogP contribution in [0, 0.1) is 6.92 Å². The first-order valence-corrected chi connectivity index (χ1v) is 9.82. The number of carbonyl (C=O) groups is 1. The Kier molecular flexibility index (Phi) is 10.8. The van der Waals surface area contributed by atoms with E-state index < -0.39 is 12.2 Å².